The van der Waals surface area contributed by atoms with E-state index in [1.807, 2.05) is 36.9 Å². The Labute approximate surface area is 143 Å². The summed E-state index contributed by atoms with van der Waals surface area (Å²) in [5.74, 6) is -0.0279. The molecule has 6 heteroatoms. The standard InChI is InChI=1S/C18H27N3O3/c1-4-24-18(23)19-16(14(2)3)17(22)21-12-10-20(11-13-21)15-8-6-5-7-9-15/h5-9,14,16H,4,10-13H2,1-3H3,(H,19,23)/t16-/m0/s1. The fraction of sp³-hybridized carbons (Fsp3) is 0.556. The van der Waals surface area contributed by atoms with Gasteiger partial charge in [-0.15, -0.1) is 0 Å². The van der Waals surface area contributed by atoms with Gasteiger partial charge in [-0.2, -0.15) is 0 Å². The van der Waals surface area contributed by atoms with Gasteiger partial charge < -0.3 is 19.9 Å². The van der Waals surface area contributed by atoms with Gasteiger partial charge in [-0.25, -0.2) is 4.79 Å². The van der Waals surface area contributed by atoms with E-state index in [0.29, 0.717) is 19.7 Å². The fourth-order valence-corrected chi connectivity index (χ4v) is 2.83. The maximum absolute atomic E-state index is 12.8. The first kappa shape index (κ1) is 18.1. The number of benzene rings is 1. The molecule has 1 saturated heterocycles. The summed E-state index contributed by atoms with van der Waals surface area (Å²) in [7, 11) is 0. The predicted octanol–water partition coefficient (Wildman–Crippen LogP) is 2.11. The van der Waals surface area contributed by atoms with E-state index >= 15 is 0 Å². The van der Waals surface area contributed by atoms with Crippen LogP contribution in [-0.4, -0.2) is 55.7 Å². The van der Waals surface area contributed by atoms with E-state index in [0.717, 1.165) is 13.1 Å². The van der Waals surface area contributed by atoms with Crippen LogP contribution < -0.4 is 10.2 Å². The molecule has 0 unspecified atom stereocenters. The highest BCUT2D eigenvalue weighted by atomic mass is 16.5. The van der Waals surface area contributed by atoms with Crippen molar-refractivity contribution in [2.45, 2.75) is 26.8 Å². The number of nitrogens with one attached hydrogen (secondary N) is 1. The first-order chi connectivity index (χ1) is 11.5. The monoisotopic (exact) mass is 333 g/mol. The van der Waals surface area contributed by atoms with E-state index in [1.165, 1.54) is 5.69 Å². The SMILES string of the molecule is CCOC(=O)N[C@H](C(=O)N1CCN(c2ccccc2)CC1)C(C)C. The van der Waals surface area contributed by atoms with Crippen LogP contribution in [0.15, 0.2) is 30.3 Å². The molecule has 1 aliphatic heterocycles. The average molecular weight is 333 g/mol. The number of piperazine rings is 1. The minimum absolute atomic E-state index is 0.00839. The largest absolute Gasteiger partial charge is 0.450 e. The van der Waals surface area contributed by atoms with Gasteiger partial charge in [0.15, 0.2) is 0 Å². The number of carbonyl (C=O) groups excluding carboxylic acids is 2. The number of anilines is 1. The van der Waals surface area contributed by atoms with Gasteiger partial charge in [0.2, 0.25) is 5.91 Å². The summed E-state index contributed by atoms with van der Waals surface area (Å²) in [6, 6.07) is 9.65. The van der Waals surface area contributed by atoms with E-state index in [4.69, 9.17) is 4.74 Å². The molecule has 0 spiro atoms. The summed E-state index contributed by atoms with van der Waals surface area (Å²) >= 11 is 0. The molecule has 2 rings (SSSR count). The molecule has 0 saturated carbocycles. The van der Waals surface area contributed by atoms with Crippen molar-refractivity contribution in [2.75, 3.05) is 37.7 Å². The van der Waals surface area contributed by atoms with Crippen LogP contribution in [0.2, 0.25) is 0 Å². The number of alkyl carbamates (subject to hydrolysis) is 1. The number of carbonyl (C=O) groups is 2. The molecule has 1 aromatic carbocycles. The molecule has 0 bridgehead atoms. The van der Waals surface area contributed by atoms with E-state index in [9.17, 15) is 9.59 Å². The minimum Gasteiger partial charge on any atom is -0.450 e. The molecular formula is C18H27N3O3. The first-order valence-corrected chi connectivity index (χ1v) is 8.55. The van der Waals surface area contributed by atoms with Crippen molar-refractivity contribution in [1.82, 2.24) is 10.2 Å². The molecular weight excluding hydrogens is 306 g/mol. The molecule has 1 fully saturated rings. The second kappa shape index (κ2) is 8.57. The zero-order chi connectivity index (χ0) is 17.5. The number of para-hydroxylation sites is 1. The Hall–Kier alpha value is -2.24. The molecule has 6 nitrogen and oxygen atoms in total. The second-order valence-electron chi connectivity index (χ2n) is 6.23. The van der Waals surface area contributed by atoms with Gasteiger partial charge in [-0.1, -0.05) is 32.0 Å². The predicted molar refractivity (Wildman–Crippen MR) is 94.0 cm³/mol. The van der Waals surface area contributed by atoms with Crippen LogP contribution in [0.4, 0.5) is 10.5 Å². The lowest BCUT2D eigenvalue weighted by atomic mass is 10.0. The van der Waals surface area contributed by atoms with E-state index in [2.05, 4.69) is 22.3 Å². The molecule has 0 aromatic heterocycles. The summed E-state index contributed by atoms with van der Waals surface area (Å²) < 4.78 is 4.91. The Balaban J connectivity index is 1.93. The zero-order valence-electron chi connectivity index (χ0n) is 14.7. The van der Waals surface area contributed by atoms with Gasteiger partial charge in [0.05, 0.1) is 6.61 Å². The van der Waals surface area contributed by atoms with Crippen molar-refractivity contribution in [3.05, 3.63) is 30.3 Å². The quantitative estimate of drug-likeness (QED) is 0.896. The molecule has 1 heterocycles. The second-order valence-corrected chi connectivity index (χ2v) is 6.23. The number of hydrogen-bond donors (Lipinski definition) is 1. The van der Waals surface area contributed by atoms with Crippen molar-refractivity contribution < 1.29 is 14.3 Å². The van der Waals surface area contributed by atoms with Crippen molar-refractivity contribution in [1.29, 1.82) is 0 Å². The van der Waals surface area contributed by atoms with Crippen LogP contribution in [0.1, 0.15) is 20.8 Å². The maximum Gasteiger partial charge on any atom is 0.407 e. The minimum atomic E-state index is -0.549. The molecule has 1 atom stereocenters. The third-order valence-electron chi connectivity index (χ3n) is 4.19. The number of nitrogens with zero attached hydrogens (tertiary/aromatic N) is 2. The first-order valence-electron chi connectivity index (χ1n) is 8.55. The molecule has 0 radical (unpaired) electrons. The van der Waals surface area contributed by atoms with Gasteiger partial charge in [0.25, 0.3) is 0 Å². The van der Waals surface area contributed by atoms with Gasteiger partial charge in [0, 0.05) is 31.9 Å². The number of rotatable bonds is 5. The Bertz CT molecular complexity index is 540. The van der Waals surface area contributed by atoms with Crippen LogP contribution in [0, 0.1) is 5.92 Å². The van der Waals surface area contributed by atoms with Crippen LogP contribution >= 0.6 is 0 Å². The Kier molecular flexibility index (Phi) is 6.46. The topological polar surface area (TPSA) is 61.9 Å². The van der Waals surface area contributed by atoms with Crippen LogP contribution in [0.5, 0.6) is 0 Å². The normalized spacial score (nSPS) is 16.0. The molecule has 1 aliphatic rings. The van der Waals surface area contributed by atoms with Gasteiger partial charge in [0.1, 0.15) is 6.04 Å². The van der Waals surface area contributed by atoms with Crippen LogP contribution in [0.3, 0.4) is 0 Å². The van der Waals surface area contributed by atoms with Crippen molar-refractivity contribution in [3.63, 3.8) is 0 Å². The van der Waals surface area contributed by atoms with E-state index < -0.39 is 12.1 Å². The molecule has 1 N–H and O–H groups in total. The summed E-state index contributed by atoms with van der Waals surface area (Å²) in [6.07, 6.45) is -0.535. The summed E-state index contributed by atoms with van der Waals surface area (Å²) in [5.41, 5.74) is 1.18. The number of amides is 2. The van der Waals surface area contributed by atoms with Crippen LogP contribution in [0.25, 0.3) is 0 Å². The number of ether oxygens (including phenoxy) is 1. The molecule has 24 heavy (non-hydrogen) atoms. The Morgan fingerprint density at radius 2 is 1.75 bits per heavy atom. The molecule has 132 valence electrons. The Morgan fingerprint density at radius 3 is 2.29 bits per heavy atom. The Morgan fingerprint density at radius 1 is 1.12 bits per heavy atom. The average Bonchev–Trinajstić information content (AvgIpc) is 2.60. The van der Waals surface area contributed by atoms with Gasteiger partial charge in [-0.3, -0.25) is 4.79 Å². The molecule has 0 aliphatic carbocycles. The highest BCUT2D eigenvalue weighted by molar-refractivity contribution is 5.86. The van der Waals surface area contributed by atoms with E-state index in [-0.39, 0.29) is 11.8 Å². The van der Waals surface area contributed by atoms with Crippen molar-refractivity contribution in [2.24, 2.45) is 5.92 Å². The highest BCUT2D eigenvalue weighted by Gasteiger charge is 2.31. The van der Waals surface area contributed by atoms with Gasteiger partial charge in [-0.05, 0) is 25.0 Å². The van der Waals surface area contributed by atoms with Gasteiger partial charge >= 0.3 is 6.09 Å². The lowest BCUT2D eigenvalue weighted by molar-refractivity contribution is -0.134. The maximum atomic E-state index is 12.8. The van der Waals surface area contributed by atoms with Crippen molar-refractivity contribution in [3.8, 4) is 0 Å². The summed E-state index contributed by atoms with van der Waals surface area (Å²) in [4.78, 5) is 28.5. The van der Waals surface area contributed by atoms with Crippen molar-refractivity contribution >= 4 is 17.7 Å². The fourth-order valence-electron chi connectivity index (χ4n) is 2.83. The van der Waals surface area contributed by atoms with Crippen LogP contribution in [-0.2, 0) is 9.53 Å². The summed E-state index contributed by atoms with van der Waals surface area (Å²) in [6.45, 7) is 8.78. The molecule has 1 aromatic rings. The van der Waals surface area contributed by atoms with E-state index in [1.54, 1.807) is 6.92 Å². The third-order valence-corrected chi connectivity index (χ3v) is 4.19. The lowest BCUT2D eigenvalue weighted by Gasteiger charge is -2.38. The number of hydrogen-bond acceptors (Lipinski definition) is 4. The highest BCUT2D eigenvalue weighted by Crippen LogP contribution is 2.17. The summed E-state index contributed by atoms with van der Waals surface area (Å²) in [5, 5.41) is 2.69. The zero-order valence-corrected chi connectivity index (χ0v) is 14.7. The smallest absolute Gasteiger partial charge is 0.407 e. The molecule has 2 amide bonds. The lowest BCUT2D eigenvalue weighted by Crippen LogP contribution is -2.56. The third kappa shape index (κ3) is 4.63.